The maximum atomic E-state index is 4.25. The molecular weight excluding hydrogens is 719 g/mol. The molecule has 4 saturated carbocycles. The number of aryl methyl sites for hydroxylation is 1. The molecule has 6 rings (SSSR count). The third-order valence-electron chi connectivity index (χ3n) is 5.61. The van der Waals surface area contributed by atoms with Gasteiger partial charge in [0.05, 0.1) is 0 Å². The molecule has 4 unspecified atom stereocenters. The summed E-state index contributed by atoms with van der Waals surface area (Å²) in [4.78, 5) is 0. The summed E-state index contributed by atoms with van der Waals surface area (Å²) in [6.45, 7) is 26.1. The van der Waals surface area contributed by atoms with Gasteiger partial charge in [-0.2, -0.15) is 39.6 Å². The summed E-state index contributed by atoms with van der Waals surface area (Å²) in [6.07, 6.45) is 24.0. The van der Waals surface area contributed by atoms with Gasteiger partial charge in [-0.15, -0.1) is 0 Å². The maximum absolute atomic E-state index is 4.25. The molecule has 0 bridgehead atoms. The topological polar surface area (TPSA) is 18.5 Å². The summed E-state index contributed by atoms with van der Waals surface area (Å²) in [5, 5.41) is 0. The van der Waals surface area contributed by atoms with Gasteiger partial charge < -0.3 is 9.47 Å². The summed E-state index contributed by atoms with van der Waals surface area (Å²) in [7, 11) is 6.50. The fourth-order valence-electron chi connectivity index (χ4n) is 1.92. The number of hydrogen-bond acceptors (Lipinski definition) is 2. The van der Waals surface area contributed by atoms with Crippen LogP contribution in [0.2, 0.25) is 0 Å². The molecule has 2 aromatic carbocycles. The fourth-order valence-corrected chi connectivity index (χ4v) is 1.92. The first-order valence-corrected chi connectivity index (χ1v) is 20.0. The van der Waals surface area contributed by atoms with Crippen molar-refractivity contribution < 1.29 is 9.47 Å². The van der Waals surface area contributed by atoms with Crippen LogP contribution in [0.3, 0.4) is 0 Å². The Morgan fingerprint density at radius 1 is 0.302 bits per heavy atom. The van der Waals surface area contributed by atoms with E-state index in [-0.39, 0.29) is 55.4 Å². The van der Waals surface area contributed by atoms with Crippen LogP contribution in [-0.2, 0) is 9.47 Å². The minimum Gasteiger partial charge on any atom is -0.388 e. The van der Waals surface area contributed by atoms with E-state index in [0.29, 0.717) is 0 Å². The molecule has 0 heterocycles. The average molecular weight is 830 g/mol. The number of benzene rings is 2. The van der Waals surface area contributed by atoms with Gasteiger partial charge in [0.2, 0.25) is 0 Å². The third-order valence-corrected chi connectivity index (χ3v) is 5.61. The molecule has 4 aliphatic rings. The molecular formula is C46H110BO2P4. The summed E-state index contributed by atoms with van der Waals surface area (Å²) in [5.74, 6) is 0. The molecule has 53 heavy (non-hydrogen) atoms. The van der Waals surface area contributed by atoms with E-state index >= 15 is 0 Å². The monoisotopic (exact) mass is 830 g/mol. The van der Waals surface area contributed by atoms with E-state index in [0.717, 1.165) is 0 Å². The molecule has 0 aromatic heterocycles. The normalized spacial score (nSPS) is 10.7. The van der Waals surface area contributed by atoms with Crippen molar-refractivity contribution in [2.75, 3.05) is 28.4 Å². The molecule has 0 spiro atoms. The standard InChI is InChI=1S/C7H8.C6H6.4C4H8.2C2H6O.6C2H6.CH4.B.4H3P/c1-7-5-3-2-4-6-7;1-2-4-6-5-3-1;4*1-2-4-3-1;2*1-3-2;6*1-2;;;;;;/h2-6H,1H3;1-6H;4*1-4H2;2*1-2H3;6*1-2H3;1H4;;4*1H3. The summed E-state index contributed by atoms with van der Waals surface area (Å²) >= 11 is 0. The molecule has 4 fully saturated rings. The second-order valence-corrected chi connectivity index (χ2v) is 9.28. The van der Waals surface area contributed by atoms with Crippen LogP contribution in [0.25, 0.3) is 0 Å². The van der Waals surface area contributed by atoms with Gasteiger partial charge in [0.25, 0.3) is 0 Å². The Kier molecular flexibility index (Phi) is 235. The van der Waals surface area contributed by atoms with Crippen molar-refractivity contribution >= 4 is 48.0 Å². The minimum absolute atomic E-state index is 0. The highest BCUT2D eigenvalue weighted by Gasteiger charge is 1.96. The van der Waals surface area contributed by atoms with E-state index < -0.39 is 0 Å². The third kappa shape index (κ3) is 144. The van der Waals surface area contributed by atoms with Crippen LogP contribution >= 0.6 is 39.6 Å². The van der Waals surface area contributed by atoms with Crippen LogP contribution in [-0.4, -0.2) is 36.9 Å². The molecule has 3 radical (unpaired) electrons. The van der Waals surface area contributed by atoms with Crippen molar-refractivity contribution in [2.45, 2.75) is 200 Å². The first-order valence-electron chi connectivity index (χ1n) is 20.0. The second-order valence-electron chi connectivity index (χ2n) is 9.28. The van der Waals surface area contributed by atoms with Gasteiger partial charge in [-0.3, -0.25) is 0 Å². The van der Waals surface area contributed by atoms with Crippen LogP contribution < -0.4 is 0 Å². The quantitative estimate of drug-likeness (QED) is 0.195. The van der Waals surface area contributed by atoms with Crippen molar-refractivity contribution in [1.82, 2.24) is 0 Å². The zero-order chi connectivity index (χ0) is 38.1. The largest absolute Gasteiger partial charge is 0.388 e. The van der Waals surface area contributed by atoms with Crippen molar-refractivity contribution in [3.8, 4) is 0 Å². The fraction of sp³-hybridized carbons (Fsp3) is 0.739. The number of ether oxygens (including phenoxy) is 2. The average Bonchev–Trinajstić information content (AvgIpc) is 3.02. The van der Waals surface area contributed by atoms with Crippen molar-refractivity contribution in [3.63, 3.8) is 0 Å². The molecule has 0 aliphatic heterocycles. The zero-order valence-electron chi connectivity index (χ0n) is 39.4. The molecule has 4 atom stereocenters. The highest BCUT2D eigenvalue weighted by Crippen LogP contribution is 2.16. The van der Waals surface area contributed by atoms with E-state index in [1.807, 2.05) is 138 Å². The SMILES string of the molecule is C.C1CCC1.C1CCC1.C1CCC1.C1CCC1.CC.CC.CC.CC.CC.CC.COC.COC.Cc1ccccc1.P.P.P.P.[B].c1ccccc1. The Bertz CT molecular complexity index is 492. The summed E-state index contributed by atoms with van der Waals surface area (Å²) < 4.78 is 8.50. The molecule has 329 valence electrons. The lowest BCUT2D eigenvalue weighted by molar-refractivity contribution is 0.277. The first kappa shape index (κ1) is 94.3. The predicted molar refractivity (Wildman–Crippen MR) is 282 cm³/mol. The summed E-state index contributed by atoms with van der Waals surface area (Å²) in [6, 6.07) is 22.3. The molecule has 0 N–H and O–H groups in total. The summed E-state index contributed by atoms with van der Waals surface area (Å²) in [5.41, 5.74) is 1.32. The highest BCUT2D eigenvalue weighted by atomic mass is 31.0. The lowest BCUT2D eigenvalue weighted by Crippen LogP contribution is -1.85. The van der Waals surface area contributed by atoms with E-state index in [4.69, 9.17) is 0 Å². The number of rotatable bonds is 0. The Balaban J connectivity index is -0.0000000261. The van der Waals surface area contributed by atoms with E-state index in [9.17, 15) is 0 Å². The lowest BCUT2D eigenvalue weighted by Gasteiger charge is -2.05. The number of methoxy groups -OCH3 is 2. The molecule has 0 amide bonds. The predicted octanol–water partition coefficient (Wildman–Crippen LogP) is 17.1. The van der Waals surface area contributed by atoms with Gasteiger partial charge in [-0.05, 0) is 6.92 Å². The van der Waals surface area contributed by atoms with Gasteiger partial charge in [-0.1, -0.05) is 266 Å². The van der Waals surface area contributed by atoms with Crippen LogP contribution in [0.1, 0.15) is 199 Å². The smallest absolute Gasteiger partial charge is 0.0351 e. The zero-order valence-corrected chi connectivity index (χ0v) is 45.0. The van der Waals surface area contributed by atoms with Crippen molar-refractivity contribution in [3.05, 3.63) is 72.3 Å². The molecule has 2 aromatic rings. The van der Waals surface area contributed by atoms with E-state index in [1.165, 1.54) is 108 Å². The Morgan fingerprint density at radius 3 is 0.453 bits per heavy atom. The van der Waals surface area contributed by atoms with E-state index in [1.54, 1.807) is 28.4 Å². The molecule has 0 saturated heterocycles. The molecule has 7 heteroatoms. The van der Waals surface area contributed by atoms with Crippen LogP contribution in [0, 0.1) is 6.92 Å². The number of hydrogen-bond donors (Lipinski definition) is 0. The minimum atomic E-state index is 0. The van der Waals surface area contributed by atoms with Gasteiger partial charge in [0.1, 0.15) is 0 Å². The van der Waals surface area contributed by atoms with Crippen molar-refractivity contribution in [2.24, 2.45) is 0 Å². The van der Waals surface area contributed by atoms with Crippen LogP contribution in [0.15, 0.2) is 66.7 Å². The molecule has 4 aliphatic carbocycles. The Morgan fingerprint density at radius 2 is 0.396 bits per heavy atom. The lowest BCUT2D eigenvalue weighted by atomic mass is 10.0. The van der Waals surface area contributed by atoms with Gasteiger partial charge in [-0.25, -0.2) is 0 Å². The van der Waals surface area contributed by atoms with Gasteiger partial charge in [0, 0.05) is 36.9 Å². The van der Waals surface area contributed by atoms with Gasteiger partial charge >= 0.3 is 0 Å². The van der Waals surface area contributed by atoms with Crippen LogP contribution in [0.5, 0.6) is 0 Å². The van der Waals surface area contributed by atoms with Crippen LogP contribution in [0.4, 0.5) is 0 Å². The highest BCUT2D eigenvalue weighted by molar-refractivity contribution is 6.92. The molecule has 2 nitrogen and oxygen atoms in total. The second kappa shape index (κ2) is 132. The Labute approximate surface area is 357 Å². The van der Waals surface area contributed by atoms with Crippen molar-refractivity contribution in [1.29, 1.82) is 0 Å². The first-order chi connectivity index (χ1) is 23.2. The van der Waals surface area contributed by atoms with Gasteiger partial charge in [0.15, 0.2) is 0 Å². The van der Waals surface area contributed by atoms with E-state index in [2.05, 4.69) is 28.5 Å². The Hall–Kier alpha value is 0.145. The maximum Gasteiger partial charge on any atom is 0.0351 e.